The highest BCUT2D eigenvalue weighted by molar-refractivity contribution is 5.87. The summed E-state index contributed by atoms with van der Waals surface area (Å²) in [6, 6.07) is 0. The Balaban J connectivity index is -0.000000164. The first-order valence-electron chi connectivity index (χ1n) is 7.10. The minimum absolute atomic E-state index is 0.125. The van der Waals surface area contributed by atoms with Crippen LogP contribution < -0.4 is 11.5 Å². The number of hydrogen-bond donors (Lipinski definition) is 10. The monoisotopic (exact) mass is 386 g/mol. The molecule has 12 heteroatoms. The van der Waals surface area contributed by atoms with Gasteiger partial charge in [0.05, 0.1) is 46.2 Å². The van der Waals surface area contributed by atoms with Crippen LogP contribution >= 0.6 is 0 Å². The molecule has 0 aromatic rings. The average Bonchev–Trinajstić information content (AvgIpc) is 2.65. The molecule has 0 rings (SSSR count). The van der Waals surface area contributed by atoms with Crippen molar-refractivity contribution in [2.75, 3.05) is 46.2 Å². The third-order valence-electron chi connectivity index (χ3n) is 1.63. The van der Waals surface area contributed by atoms with Crippen molar-refractivity contribution in [1.29, 1.82) is 0 Å². The van der Waals surface area contributed by atoms with Crippen molar-refractivity contribution >= 4 is 11.8 Å². The van der Waals surface area contributed by atoms with Gasteiger partial charge in [-0.3, -0.25) is 9.59 Å². The van der Waals surface area contributed by atoms with Crippen molar-refractivity contribution in [3.63, 3.8) is 0 Å². The lowest BCUT2D eigenvalue weighted by Gasteiger charge is -2.16. The van der Waals surface area contributed by atoms with Gasteiger partial charge in [-0.1, -0.05) is 0 Å². The summed E-state index contributed by atoms with van der Waals surface area (Å²) in [5, 5.41) is 64.0. The van der Waals surface area contributed by atoms with Crippen molar-refractivity contribution in [1.82, 2.24) is 0 Å². The minimum Gasteiger partial charge on any atom is -0.394 e. The fourth-order valence-electron chi connectivity index (χ4n) is 0.614. The van der Waals surface area contributed by atoms with Crippen molar-refractivity contribution in [2.24, 2.45) is 11.5 Å². The van der Waals surface area contributed by atoms with Crippen LogP contribution in [0.4, 0.5) is 0 Å². The zero-order valence-corrected chi connectivity index (χ0v) is 14.3. The van der Waals surface area contributed by atoms with Crippen LogP contribution in [0.25, 0.3) is 0 Å². The lowest BCUT2D eigenvalue weighted by Crippen LogP contribution is -2.29. The topological polar surface area (TPSA) is 248 Å². The summed E-state index contributed by atoms with van der Waals surface area (Å²) in [4.78, 5) is 20.7. The predicted octanol–water partition coefficient (Wildman–Crippen LogP) is -5.29. The number of carbonyl (C=O) groups is 2. The van der Waals surface area contributed by atoms with Gasteiger partial charge in [-0.2, -0.15) is 0 Å². The lowest BCUT2D eigenvalue weighted by atomic mass is 10.0. The molecule has 0 atom stereocenters. The van der Waals surface area contributed by atoms with Crippen molar-refractivity contribution in [2.45, 2.75) is 5.60 Å². The van der Waals surface area contributed by atoms with E-state index < -0.39 is 24.0 Å². The Bertz CT molecular complexity index is 335. The van der Waals surface area contributed by atoms with E-state index in [0.29, 0.717) is 0 Å². The summed E-state index contributed by atoms with van der Waals surface area (Å²) in [5.74, 6) is -1.55. The van der Waals surface area contributed by atoms with Crippen LogP contribution in [0.5, 0.6) is 0 Å². The highest BCUT2D eigenvalue weighted by atomic mass is 16.3. The van der Waals surface area contributed by atoms with E-state index in [0.717, 1.165) is 24.3 Å². The second kappa shape index (κ2) is 25.3. The summed E-state index contributed by atoms with van der Waals surface area (Å²) in [6.45, 7) is -1.44. The molecule has 0 radical (unpaired) electrons. The molecular formula is C14H30N2O10. The van der Waals surface area contributed by atoms with E-state index in [2.05, 4.69) is 0 Å². The number of amides is 2. The largest absolute Gasteiger partial charge is 0.394 e. The Hall–Kier alpha value is -1.90. The van der Waals surface area contributed by atoms with Gasteiger partial charge in [-0.05, 0) is 12.2 Å². The highest BCUT2D eigenvalue weighted by Crippen LogP contribution is 2.07. The Labute approximate surface area is 150 Å². The van der Waals surface area contributed by atoms with Crippen LogP contribution in [0, 0.1) is 0 Å². The van der Waals surface area contributed by atoms with E-state index in [4.69, 9.17) is 47.2 Å². The molecule has 0 saturated heterocycles. The summed E-state index contributed by atoms with van der Waals surface area (Å²) in [7, 11) is 0. The van der Waals surface area contributed by atoms with E-state index in [9.17, 15) is 14.7 Å². The molecule has 0 fully saturated rings. The third-order valence-corrected chi connectivity index (χ3v) is 1.63. The number of hydrogen-bond acceptors (Lipinski definition) is 10. The number of primary amides is 2. The Morgan fingerprint density at radius 2 is 0.885 bits per heavy atom. The van der Waals surface area contributed by atoms with Crippen molar-refractivity contribution in [3.05, 3.63) is 24.3 Å². The first-order chi connectivity index (χ1) is 12.1. The molecule has 2 amide bonds. The van der Waals surface area contributed by atoms with Crippen LogP contribution in [0.1, 0.15) is 0 Å². The number of aliphatic hydroxyl groups excluding tert-OH is 7. The SMILES string of the molecule is NC(=O)C=CC(O)(C=CC(N)=O)CO.OCCO.OCCO.OCCO. The van der Waals surface area contributed by atoms with Crippen LogP contribution in [0.3, 0.4) is 0 Å². The maximum absolute atomic E-state index is 10.3. The zero-order chi connectivity index (χ0) is 21.4. The first kappa shape index (κ1) is 31.8. The minimum atomic E-state index is -1.80. The number of rotatable bonds is 8. The lowest BCUT2D eigenvalue weighted by molar-refractivity contribution is -0.114. The van der Waals surface area contributed by atoms with Gasteiger partial charge in [0.25, 0.3) is 0 Å². The molecule has 0 aromatic heterocycles. The van der Waals surface area contributed by atoms with Crippen molar-refractivity contribution in [3.8, 4) is 0 Å². The Kier molecular flexibility index (Phi) is 31.0. The Morgan fingerprint density at radius 1 is 0.654 bits per heavy atom. The standard InChI is InChI=1S/C8H12N2O4.3C2H6O2/c9-6(12)1-3-8(14,5-11)4-2-7(10)13;3*3-1-2-4/h1-4,11,14H,5H2,(H2,9,12)(H2,10,13);3*3-4H,1-2H2. The second-order valence-electron chi connectivity index (χ2n) is 3.96. The van der Waals surface area contributed by atoms with Crippen LogP contribution in [0.2, 0.25) is 0 Å². The second-order valence-corrected chi connectivity index (χ2v) is 3.96. The smallest absolute Gasteiger partial charge is 0.241 e. The predicted molar refractivity (Wildman–Crippen MR) is 91.2 cm³/mol. The van der Waals surface area contributed by atoms with E-state index in [1.54, 1.807) is 0 Å². The van der Waals surface area contributed by atoms with Gasteiger partial charge in [-0.25, -0.2) is 0 Å². The first-order valence-corrected chi connectivity index (χ1v) is 7.10. The highest BCUT2D eigenvalue weighted by Gasteiger charge is 2.18. The molecule has 156 valence electrons. The molecule has 0 aliphatic heterocycles. The van der Waals surface area contributed by atoms with Gasteiger partial charge in [0, 0.05) is 12.2 Å². The molecule has 26 heavy (non-hydrogen) atoms. The van der Waals surface area contributed by atoms with Crippen LogP contribution in [-0.2, 0) is 9.59 Å². The number of nitrogens with two attached hydrogens (primary N) is 2. The number of carbonyl (C=O) groups excluding carboxylic acids is 2. The summed E-state index contributed by atoms with van der Waals surface area (Å²) in [6.07, 6.45) is 3.69. The van der Waals surface area contributed by atoms with E-state index in [1.165, 1.54) is 0 Å². The van der Waals surface area contributed by atoms with Gasteiger partial charge >= 0.3 is 0 Å². The molecule has 12 nitrogen and oxygen atoms in total. The maximum atomic E-state index is 10.3. The fraction of sp³-hybridized carbons (Fsp3) is 0.571. The Morgan fingerprint density at radius 3 is 1.00 bits per heavy atom. The fourth-order valence-corrected chi connectivity index (χ4v) is 0.614. The van der Waals surface area contributed by atoms with Gasteiger partial charge in [0.15, 0.2) is 0 Å². The van der Waals surface area contributed by atoms with Gasteiger partial charge in [0.1, 0.15) is 5.60 Å². The van der Waals surface area contributed by atoms with Gasteiger partial charge in [0.2, 0.25) is 11.8 Å². The van der Waals surface area contributed by atoms with Crippen molar-refractivity contribution < 1.29 is 50.4 Å². The zero-order valence-electron chi connectivity index (χ0n) is 14.3. The van der Waals surface area contributed by atoms with E-state index in [-0.39, 0.29) is 39.6 Å². The molecular weight excluding hydrogens is 356 g/mol. The van der Waals surface area contributed by atoms with E-state index in [1.807, 2.05) is 0 Å². The summed E-state index contributed by atoms with van der Waals surface area (Å²) in [5.41, 5.74) is 7.75. The molecule has 0 unspecified atom stereocenters. The molecule has 0 saturated carbocycles. The molecule has 0 bridgehead atoms. The quantitative estimate of drug-likeness (QED) is 0.177. The molecule has 12 N–H and O–H groups in total. The molecule has 0 aromatic carbocycles. The van der Waals surface area contributed by atoms with Gasteiger partial charge < -0.3 is 52.3 Å². The summed E-state index contributed by atoms with van der Waals surface area (Å²) >= 11 is 0. The van der Waals surface area contributed by atoms with Crippen LogP contribution in [-0.4, -0.2) is 105 Å². The molecule has 0 aliphatic rings. The van der Waals surface area contributed by atoms with Crippen LogP contribution in [0.15, 0.2) is 24.3 Å². The van der Waals surface area contributed by atoms with E-state index >= 15 is 0 Å². The summed E-state index contributed by atoms with van der Waals surface area (Å²) < 4.78 is 0. The molecule has 0 aliphatic carbocycles. The molecule has 0 spiro atoms. The number of aliphatic hydroxyl groups is 8. The average molecular weight is 386 g/mol. The normalized spacial score (nSPS) is 12.0. The third kappa shape index (κ3) is 38.0. The van der Waals surface area contributed by atoms with Gasteiger partial charge in [-0.15, -0.1) is 0 Å². The molecule has 0 heterocycles. The maximum Gasteiger partial charge on any atom is 0.241 e.